The Bertz CT molecular complexity index is 1210. The number of aromatic nitrogens is 3. The van der Waals surface area contributed by atoms with E-state index in [4.69, 9.17) is 4.74 Å². The molecule has 35 heavy (non-hydrogen) atoms. The zero-order valence-electron chi connectivity index (χ0n) is 20.4. The Hall–Kier alpha value is -3.22. The Morgan fingerprint density at radius 3 is 2.46 bits per heavy atom. The monoisotopic (exact) mass is 521 g/mol. The molecule has 190 valence electrons. The lowest BCUT2D eigenvalue weighted by atomic mass is 10.2. The highest BCUT2D eigenvalue weighted by Gasteiger charge is 2.15. The van der Waals surface area contributed by atoms with Gasteiger partial charge in [-0.3, -0.25) is 9.00 Å². The number of benzene rings is 1. The zero-order valence-corrected chi connectivity index (χ0v) is 22.0. The van der Waals surface area contributed by atoms with Crippen LogP contribution < -0.4 is 15.4 Å². The topological polar surface area (TPSA) is 136 Å². The molecule has 10 nitrogen and oxygen atoms in total. The summed E-state index contributed by atoms with van der Waals surface area (Å²) in [7, 11) is -0.696. The maximum atomic E-state index is 12.0. The van der Waals surface area contributed by atoms with Gasteiger partial charge in [-0.2, -0.15) is 4.98 Å². The molecule has 2 aromatic heterocycles. The van der Waals surface area contributed by atoms with Crippen LogP contribution in [0.25, 0.3) is 11.3 Å². The van der Waals surface area contributed by atoms with Crippen LogP contribution in [0.3, 0.4) is 0 Å². The smallest absolute Gasteiger partial charge is 0.302 e. The summed E-state index contributed by atoms with van der Waals surface area (Å²) in [5, 5.41) is 18.1. The molecule has 0 amide bonds. The fourth-order valence-corrected chi connectivity index (χ4v) is 4.00. The van der Waals surface area contributed by atoms with E-state index in [1.54, 1.807) is 50.8 Å². The van der Waals surface area contributed by atoms with Gasteiger partial charge in [-0.15, -0.1) is 0 Å². The van der Waals surface area contributed by atoms with Crippen molar-refractivity contribution in [3.8, 4) is 16.5 Å². The third-order valence-corrected chi connectivity index (χ3v) is 6.41. The fraction of sp³-hybridized carbons (Fsp3) is 0.348. The number of carbonyl (C=O) groups is 1. The van der Waals surface area contributed by atoms with Crippen LogP contribution in [0.4, 0.5) is 17.5 Å². The molecule has 0 bridgehead atoms. The number of hydrogen-bond donors (Lipinski definition) is 3. The minimum absolute atomic E-state index is 0.0462. The van der Waals surface area contributed by atoms with Crippen molar-refractivity contribution in [3.05, 3.63) is 35.8 Å². The molecule has 1 aromatic carbocycles. The first-order chi connectivity index (χ1) is 16.6. The van der Waals surface area contributed by atoms with Crippen molar-refractivity contribution >= 4 is 50.2 Å². The van der Waals surface area contributed by atoms with Gasteiger partial charge in [0.2, 0.25) is 5.95 Å². The molecule has 2 atom stereocenters. The second-order valence-electron chi connectivity index (χ2n) is 7.47. The minimum Gasteiger partial charge on any atom is -0.473 e. The van der Waals surface area contributed by atoms with Crippen LogP contribution in [0.1, 0.15) is 20.8 Å². The van der Waals surface area contributed by atoms with Crippen molar-refractivity contribution in [1.29, 1.82) is 0 Å². The normalized spacial score (nSPS) is 13.0. The number of carbonyl (C=O) groups excluding carboxylic acids is 1. The number of aliphatic hydroxyl groups excluding tert-OH is 1. The number of aliphatic hydroxyl groups is 1. The number of rotatable bonds is 9. The number of anilines is 3. The molecule has 0 aliphatic carbocycles. The second-order valence-corrected chi connectivity index (χ2v) is 10.8. The molecule has 0 aliphatic heterocycles. The van der Waals surface area contributed by atoms with Crippen LogP contribution >= 0.6 is 11.3 Å². The van der Waals surface area contributed by atoms with E-state index < -0.39 is 9.52 Å². The summed E-state index contributed by atoms with van der Waals surface area (Å²) in [6.07, 6.45) is 3.27. The Labute approximate surface area is 209 Å². The van der Waals surface area contributed by atoms with Crippen molar-refractivity contribution in [2.24, 2.45) is 0 Å². The summed E-state index contributed by atoms with van der Waals surface area (Å²) in [6, 6.07) is 6.93. The van der Waals surface area contributed by atoms with Gasteiger partial charge in [-0.1, -0.05) is 11.3 Å². The molecule has 0 aliphatic rings. The lowest BCUT2D eigenvalue weighted by Gasteiger charge is -2.15. The maximum absolute atomic E-state index is 12.0. The van der Waals surface area contributed by atoms with Crippen LogP contribution in [0.15, 0.2) is 40.7 Å². The highest BCUT2D eigenvalue weighted by Crippen LogP contribution is 2.31. The van der Waals surface area contributed by atoms with Gasteiger partial charge in [0, 0.05) is 41.4 Å². The van der Waals surface area contributed by atoms with E-state index in [9.17, 15) is 14.1 Å². The predicted octanol–water partition coefficient (Wildman–Crippen LogP) is 3.42. The number of hydrogen-bond acceptors (Lipinski definition) is 11. The van der Waals surface area contributed by atoms with Crippen molar-refractivity contribution in [1.82, 2.24) is 15.0 Å². The molecular weight excluding hydrogens is 490 g/mol. The van der Waals surface area contributed by atoms with E-state index in [1.165, 1.54) is 18.3 Å². The highest BCUT2D eigenvalue weighted by atomic mass is 32.2. The van der Waals surface area contributed by atoms with Crippen LogP contribution in [0.2, 0.25) is 0 Å². The van der Waals surface area contributed by atoms with Crippen molar-refractivity contribution in [3.63, 3.8) is 0 Å². The van der Waals surface area contributed by atoms with Crippen LogP contribution in [-0.4, -0.2) is 68.7 Å². The van der Waals surface area contributed by atoms with Gasteiger partial charge in [0.25, 0.3) is 5.19 Å². The summed E-state index contributed by atoms with van der Waals surface area (Å²) in [6.45, 7) is 5.45. The van der Waals surface area contributed by atoms with E-state index in [0.29, 0.717) is 39.7 Å². The number of thiazole rings is 1. The molecule has 0 saturated heterocycles. The molecule has 12 heteroatoms. The van der Waals surface area contributed by atoms with Crippen LogP contribution in [0, 0.1) is 0 Å². The Morgan fingerprint density at radius 1 is 1.29 bits per heavy atom. The van der Waals surface area contributed by atoms with Crippen LogP contribution in [-0.2, 0) is 19.1 Å². The second kappa shape index (κ2) is 13.0. The molecular formula is C23H31N5O5S2. The first kappa shape index (κ1) is 28.0. The van der Waals surface area contributed by atoms with E-state index in [0.717, 1.165) is 5.69 Å². The third kappa shape index (κ3) is 8.81. The summed E-state index contributed by atoms with van der Waals surface area (Å²) < 4.78 is 21.6. The molecule has 0 radical (unpaired) electrons. The molecule has 0 fully saturated rings. The largest absolute Gasteiger partial charge is 0.473 e. The fourth-order valence-electron chi connectivity index (χ4n) is 2.65. The number of ether oxygens (including phenoxy) is 2. The van der Waals surface area contributed by atoms with Crippen molar-refractivity contribution in [2.45, 2.75) is 31.7 Å². The quantitative estimate of drug-likeness (QED) is 0.284. The first-order valence-electron chi connectivity index (χ1n) is 10.6. The van der Waals surface area contributed by atoms with E-state index in [-0.39, 0.29) is 18.6 Å². The average molecular weight is 522 g/mol. The van der Waals surface area contributed by atoms with Crippen molar-refractivity contribution < 1.29 is 23.6 Å². The standard InChI is InChI=1S/C19H23N5O3S2.C4H8O2/c1-12(10-25)21-17-15(16-11-28-19(23-16)27-2)9-20-18(24-17)22-13-5-7-14(8-6-13)29(3,4)26;1-3-6-4(2)5/h5-9,11-12,25H,3,10H2,1-2,4H3,(H2,20,21,22,24);3H2,1-2H3/t12-,29?;/m1./s1. The van der Waals surface area contributed by atoms with Gasteiger partial charge in [0.15, 0.2) is 0 Å². The summed E-state index contributed by atoms with van der Waals surface area (Å²) in [5.74, 6) is 4.40. The Balaban J connectivity index is 0.000000641. The Kier molecular flexibility index (Phi) is 10.4. The van der Waals surface area contributed by atoms with E-state index in [1.807, 2.05) is 12.3 Å². The van der Waals surface area contributed by atoms with E-state index >= 15 is 0 Å². The summed E-state index contributed by atoms with van der Waals surface area (Å²) in [5.41, 5.74) is 2.14. The summed E-state index contributed by atoms with van der Waals surface area (Å²) in [4.78, 5) is 23.8. The van der Waals surface area contributed by atoms with E-state index in [2.05, 4.69) is 36.2 Å². The first-order valence-corrected chi connectivity index (χ1v) is 13.7. The molecule has 3 aromatic rings. The lowest BCUT2D eigenvalue weighted by molar-refractivity contribution is -0.140. The zero-order chi connectivity index (χ0) is 26.0. The minimum atomic E-state index is -2.26. The molecule has 1 unspecified atom stereocenters. The molecule has 0 spiro atoms. The third-order valence-electron chi connectivity index (χ3n) is 4.34. The molecule has 0 saturated carbocycles. The van der Waals surface area contributed by atoms with Gasteiger partial charge in [0.1, 0.15) is 5.82 Å². The maximum Gasteiger partial charge on any atom is 0.302 e. The lowest BCUT2D eigenvalue weighted by Crippen LogP contribution is -2.21. The molecule has 2 heterocycles. The van der Waals surface area contributed by atoms with Crippen LogP contribution in [0.5, 0.6) is 5.19 Å². The number of nitrogens with zero attached hydrogens (tertiary/aromatic N) is 3. The number of esters is 1. The van der Waals surface area contributed by atoms with Gasteiger partial charge < -0.3 is 25.2 Å². The SMILES string of the molecule is C=S(C)(=O)c1ccc(Nc2ncc(-c3csc(OC)n3)c(N[C@H](C)CO)n2)cc1.CCOC(C)=O. The Morgan fingerprint density at radius 2 is 1.97 bits per heavy atom. The average Bonchev–Trinajstić information content (AvgIpc) is 3.28. The highest BCUT2D eigenvalue weighted by molar-refractivity contribution is 7.99. The molecule has 3 rings (SSSR count). The predicted molar refractivity (Wildman–Crippen MR) is 141 cm³/mol. The molecule has 3 N–H and O–H groups in total. The van der Waals surface area contributed by atoms with Gasteiger partial charge in [0.05, 0.1) is 31.6 Å². The van der Waals surface area contributed by atoms with Gasteiger partial charge in [-0.25, -0.2) is 9.97 Å². The summed E-state index contributed by atoms with van der Waals surface area (Å²) >= 11 is 1.38. The van der Waals surface area contributed by atoms with Crippen molar-refractivity contribution in [2.75, 3.05) is 37.2 Å². The van der Waals surface area contributed by atoms with Gasteiger partial charge >= 0.3 is 5.97 Å². The number of nitrogens with one attached hydrogen (secondary N) is 2. The number of methoxy groups -OCH3 is 1. The van der Waals surface area contributed by atoms with Gasteiger partial charge in [-0.05, 0) is 53.5 Å².